The minimum Gasteiger partial charge on any atom is -0.497 e. The maximum Gasteiger partial charge on any atom is 0.184 e. The molecular weight excluding hydrogens is 403 g/mol. The normalized spacial score (nSPS) is 11.1. The average Bonchev–Trinajstić information content (AvgIpc) is 3.24. The van der Waals surface area contributed by atoms with Crippen LogP contribution in [0.15, 0.2) is 42.7 Å². The van der Waals surface area contributed by atoms with Gasteiger partial charge in [0.1, 0.15) is 16.5 Å². The topological polar surface area (TPSA) is 62.8 Å². The molecule has 4 rings (SSSR count). The molecule has 0 bridgehead atoms. The second-order valence-corrected chi connectivity index (χ2v) is 7.86. The van der Waals surface area contributed by atoms with E-state index in [-0.39, 0.29) is 0 Å². The molecule has 4 aromatic rings. The number of hydrogen-bond donors (Lipinski definition) is 2. The number of aromatic amines is 1. The number of thiazole rings is 1. The summed E-state index contributed by atoms with van der Waals surface area (Å²) >= 11 is 14.0. The summed E-state index contributed by atoms with van der Waals surface area (Å²) in [6, 6.07) is 9.82. The zero-order valence-corrected chi connectivity index (χ0v) is 16.8. The SMILES string of the molecule is COc1cccc(CNc2nc(Cl)c(Cc3c[nH]c4ncc(Cl)cc34)s2)c1. The third kappa shape index (κ3) is 4.03. The van der Waals surface area contributed by atoms with Crippen LogP contribution in [-0.4, -0.2) is 22.1 Å². The summed E-state index contributed by atoms with van der Waals surface area (Å²) in [6.07, 6.45) is 4.23. The number of methoxy groups -OCH3 is 1. The molecule has 0 amide bonds. The first-order chi connectivity index (χ1) is 13.1. The zero-order chi connectivity index (χ0) is 18.8. The number of ether oxygens (including phenoxy) is 1. The monoisotopic (exact) mass is 418 g/mol. The van der Waals surface area contributed by atoms with Gasteiger partial charge in [-0.3, -0.25) is 0 Å². The summed E-state index contributed by atoms with van der Waals surface area (Å²) in [6.45, 7) is 0.646. The first-order valence-electron chi connectivity index (χ1n) is 8.26. The van der Waals surface area contributed by atoms with Gasteiger partial charge in [0, 0.05) is 30.7 Å². The van der Waals surface area contributed by atoms with Gasteiger partial charge in [-0.25, -0.2) is 9.97 Å². The number of benzene rings is 1. The third-order valence-corrected chi connectivity index (χ3v) is 5.81. The van der Waals surface area contributed by atoms with Crippen molar-refractivity contribution in [3.8, 4) is 5.75 Å². The molecule has 0 aliphatic heterocycles. The van der Waals surface area contributed by atoms with Crippen LogP contribution in [0.2, 0.25) is 10.2 Å². The van der Waals surface area contributed by atoms with Crippen molar-refractivity contribution in [1.82, 2.24) is 15.0 Å². The molecule has 3 heterocycles. The van der Waals surface area contributed by atoms with Crippen molar-refractivity contribution in [2.75, 3.05) is 12.4 Å². The number of anilines is 1. The van der Waals surface area contributed by atoms with Gasteiger partial charge in [0.25, 0.3) is 0 Å². The van der Waals surface area contributed by atoms with E-state index in [4.69, 9.17) is 27.9 Å². The predicted octanol–water partition coefficient (Wildman–Crippen LogP) is 5.54. The van der Waals surface area contributed by atoms with Crippen LogP contribution in [0.5, 0.6) is 5.75 Å². The van der Waals surface area contributed by atoms with Gasteiger partial charge in [-0.15, -0.1) is 11.3 Å². The molecule has 0 aliphatic carbocycles. The van der Waals surface area contributed by atoms with Crippen molar-refractivity contribution in [2.24, 2.45) is 0 Å². The second kappa shape index (κ2) is 7.76. The summed E-state index contributed by atoms with van der Waals surface area (Å²) in [4.78, 5) is 12.9. The molecule has 1 aromatic carbocycles. The van der Waals surface area contributed by atoms with E-state index in [0.29, 0.717) is 23.1 Å². The second-order valence-electron chi connectivity index (χ2n) is 5.98. The predicted molar refractivity (Wildman–Crippen MR) is 111 cm³/mol. The Labute approximate surface area is 170 Å². The smallest absolute Gasteiger partial charge is 0.184 e. The van der Waals surface area contributed by atoms with Gasteiger partial charge in [-0.05, 0) is 29.3 Å². The summed E-state index contributed by atoms with van der Waals surface area (Å²) in [5, 5.41) is 6.23. The Morgan fingerprint density at radius 2 is 2.15 bits per heavy atom. The number of halogens is 2. The summed E-state index contributed by atoms with van der Waals surface area (Å²) in [7, 11) is 1.66. The van der Waals surface area contributed by atoms with Gasteiger partial charge >= 0.3 is 0 Å². The minimum atomic E-state index is 0.512. The van der Waals surface area contributed by atoms with Gasteiger partial charge in [0.2, 0.25) is 0 Å². The number of aromatic nitrogens is 3. The Hall–Kier alpha value is -2.28. The highest BCUT2D eigenvalue weighted by atomic mass is 35.5. The average molecular weight is 419 g/mol. The number of fused-ring (bicyclic) bond motifs is 1. The quantitative estimate of drug-likeness (QED) is 0.431. The van der Waals surface area contributed by atoms with Gasteiger partial charge in [0.05, 0.1) is 17.0 Å². The highest BCUT2D eigenvalue weighted by Crippen LogP contribution is 2.31. The van der Waals surface area contributed by atoms with Crippen LogP contribution >= 0.6 is 34.5 Å². The van der Waals surface area contributed by atoms with Crippen LogP contribution in [0.3, 0.4) is 0 Å². The summed E-state index contributed by atoms with van der Waals surface area (Å²) in [5.41, 5.74) is 3.01. The van der Waals surface area contributed by atoms with Crippen molar-refractivity contribution in [3.63, 3.8) is 0 Å². The number of nitrogens with zero attached hydrogens (tertiary/aromatic N) is 2. The molecule has 0 spiro atoms. The molecule has 0 aliphatic rings. The molecule has 0 saturated heterocycles. The van der Waals surface area contributed by atoms with Gasteiger partial charge in [-0.2, -0.15) is 0 Å². The molecule has 0 fully saturated rings. The first kappa shape index (κ1) is 18.1. The molecule has 0 saturated carbocycles. The Balaban J connectivity index is 1.50. The lowest BCUT2D eigenvalue weighted by Gasteiger charge is -2.05. The molecule has 3 aromatic heterocycles. The van der Waals surface area contributed by atoms with Crippen molar-refractivity contribution in [2.45, 2.75) is 13.0 Å². The van der Waals surface area contributed by atoms with Gasteiger partial charge in [-0.1, -0.05) is 35.3 Å². The Kier molecular flexibility index (Phi) is 5.20. The minimum absolute atomic E-state index is 0.512. The maximum atomic E-state index is 6.36. The third-order valence-electron chi connectivity index (χ3n) is 4.16. The van der Waals surface area contributed by atoms with Crippen molar-refractivity contribution < 1.29 is 4.74 Å². The number of rotatable bonds is 6. The number of nitrogens with one attached hydrogen (secondary N) is 2. The fraction of sp³-hybridized carbons (Fsp3) is 0.158. The summed E-state index contributed by atoms with van der Waals surface area (Å²) < 4.78 is 5.25. The Bertz CT molecular complexity index is 1090. The number of hydrogen-bond acceptors (Lipinski definition) is 5. The number of pyridine rings is 1. The fourth-order valence-corrected chi connectivity index (χ4v) is 4.18. The lowest BCUT2D eigenvalue weighted by Crippen LogP contribution is -1.98. The molecular formula is C19H16Cl2N4OS. The molecule has 5 nitrogen and oxygen atoms in total. The Morgan fingerprint density at radius 3 is 3.00 bits per heavy atom. The first-order valence-corrected chi connectivity index (χ1v) is 9.83. The molecule has 0 radical (unpaired) electrons. The largest absolute Gasteiger partial charge is 0.497 e. The van der Waals surface area contributed by atoms with Crippen LogP contribution in [0.25, 0.3) is 11.0 Å². The molecule has 2 N–H and O–H groups in total. The molecule has 8 heteroatoms. The van der Waals surface area contributed by atoms with E-state index < -0.39 is 0 Å². The van der Waals surface area contributed by atoms with Crippen LogP contribution in [0.4, 0.5) is 5.13 Å². The van der Waals surface area contributed by atoms with Crippen LogP contribution in [0.1, 0.15) is 16.0 Å². The van der Waals surface area contributed by atoms with E-state index in [1.807, 2.05) is 36.5 Å². The van der Waals surface area contributed by atoms with Gasteiger partial charge in [0.15, 0.2) is 5.13 Å². The highest BCUT2D eigenvalue weighted by molar-refractivity contribution is 7.16. The van der Waals surface area contributed by atoms with Crippen molar-refractivity contribution in [1.29, 1.82) is 0 Å². The van der Waals surface area contributed by atoms with Gasteiger partial charge < -0.3 is 15.0 Å². The van der Waals surface area contributed by atoms with E-state index in [2.05, 4.69) is 20.3 Å². The molecule has 0 unspecified atom stereocenters. The van der Waals surface area contributed by atoms with E-state index in [1.54, 1.807) is 24.6 Å². The standard InChI is InChI=1S/C19H16Cl2N4OS/c1-26-14-4-2-3-11(5-14)8-24-19-25-17(21)16(27-19)6-12-9-22-18-15(12)7-13(20)10-23-18/h2-5,7,9-10H,6,8H2,1H3,(H,22,23)(H,24,25). The van der Waals surface area contributed by atoms with Crippen LogP contribution in [-0.2, 0) is 13.0 Å². The van der Waals surface area contributed by atoms with Crippen LogP contribution in [0, 0.1) is 0 Å². The molecule has 138 valence electrons. The molecule has 0 atom stereocenters. The fourth-order valence-electron chi connectivity index (χ4n) is 2.83. The highest BCUT2D eigenvalue weighted by Gasteiger charge is 2.13. The van der Waals surface area contributed by atoms with E-state index in [9.17, 15) is 0 Å². The van der Waals surface area contributed by atoms with E-state index in [1.165, 1.54) is 0 Å². The zero-order valence-electron chi connectivity index (χ0n) is 14.4. The number of H-pyrrole nitrogens is 1. The van der Waals surface area contributed by atoms with Crippen LogP contribution < -0.4 is 10.1 Å². The van der Waals surface area contributed by atoms with E-state index >= 15 is 0 Å². The molecule has 27 heavy (non-hydrogen) atoms. The lowest BCUT2D eigenvalue weighted by atomic mass is 10.1. The van der Waals surface area contributed by atoms with E-state index in [0.717, 1.165) is 37.9 Å². The maximum absolute atomic E-state index is 6.36. The summed E-state index contributed by atoms with van der Waals surface area (Å²) in [5.74, 6) is 0.832. The lowest BCUT2D eigenvalue weighted by molar-refractivity contribution is 0.414. The van der Waals surface area contributed by atoms with Crippen molar-refractivity contribution in [3.05, 3.63) is 68.9 Å². The Morgan fingerprint density at radius 1 is 1.26 bits per heavy atom. The van der Waals surface area contributed by atoms with Crippen molar-refractivity contribution >= 4 is 50.7 Å².